The minimum Gasteiger partial charge on any atom is -0.471 e. The van der Waals surface area contributed by atoms with Gasteiger partial charge in [0, 0.05) is 18.9 Å². The monoisotopic (exact) mass is 386 g/mol. The maximum atomic E-state index is 12.9. The molecule has 1 fully saturated rings. The minimum atomic E-state index is -3.59. The third kappa shape index (κ3) is 4.10. The topological polar surface area (TPSA) is 96.2 Å². The summed E-state index contributed by atoms with van der Waals surface area (Å²) in [6.45, 7) is 6.82. The Morgan fingerprint density at radius 3 is 2.48 bits per heavy atom. The molecule has 1 aliphatic heterocycles. The highest BCUT2D eigenvalue weighted by Crippen LogP contribution is 2.27. The third-order valence-corrected chi connectivity index (χ3v) is 6.39. The van der Waals surface area contributed by atoms with Crippen molar-refractivity contribution in [1.82, 2.24) is 14.3 Å². The summed E-state index contributed by atoms with van der Waals surface area (Å²) in [5.41, 5.74) is 1.14. The van der Waals surface area contributed by atoms with Crippen molar-refractivity contribution in [1.29, 1.82) is 5.26 Å². The summed E-state index contributed by atoms with van der Waals surface area (Å²) in [7, 11) is -3.59. The second-order valence-electron chi connectivity index (χ2n) is 7.49. The van der Waals surface area contributed by atoms with Crippen molar-refractivity contribution in [2.24, 2.45) is 0 Å². The van der Waals surface area contributed by atoms with E-state index in [2.05, 4.69) is 30.7 Å². The molecule has 0 saturated carbocycles. The molecule has 0 radical (unpaired) electrons. The first kappa shape index (κ1) is 19.3. The van der Waals surface area contributed by atoms with Gasteiger partial charge in [0.05, 0.1) is 11.4 Å². The second kappa shape index (κ2) is 7.25. The molecule has 3 rings (SSSR count). The van der Waals surface area contributed by atoms with Crippen LogP contribution in [0.2, 0.25) is 0 Å². The Bertz CT molecular complexity index is 960. The molecule has 0 aliphatic carbocycles. The van der Waals surface area contributed by atoms with Crippen molar-refractivity contribution in [2.45, 2.75) is 43.6 Å². The number of rotatable bonds is 4. The summed E-state index contributed by atoms with van der Waals surface area (Å²) in [5.74, 6) is 0.138. The van der Waals surface area contributed by atoms with Crippen molar-refractivity contribution in [3.05, 3.63) is 47.9 Å². The number of hydrogen-bond donors (Lipinski definition) is 0. The molecular weight excluding hydrogens is 364 g/mol. The SMILES string of the molecule is CC(C)(C)c1ccc(S(=O)(=O)N2CCC(Oc3nccnc3C#N)C2)cc1. The molecule has 0 spiro atoms. The van der Waals surface area contributed by atoms with Crippen LogP contribution in [0.15, 0.2) is 41.6 Å². The van der Waals surface area contributed by atoms with Crippen molar-refractivity contribution >= 4 is 10.0 Å². The Morgan fingerprint density at radius 1 is 1.19 bits per heavy atom. The smallest absolute Gasteiger partial charge is 0.251 e. The molecule has 7 nitrogen and oxygen atoms in total. The molecule has 2 aromatic rings. The van der Waals surface area contributed by atoms with E-state index in [0.717, 1.165) is 5.56 Å². The fourth-order valence-corrected chi connectivity index (χ4v) is 4.42. The predicted octanol–water partition coefficient (Wildman–Crippen LogP) is 2.49. The lowest BCUT2D eigenvalue weighted by Gasteiger charge is -2.20. The summed E-state index contributed by atoms with van der Waals surface area (Å²) in [6.07, 6.45) is 3.02. The van der Waals surface area contributed by atoms with Gasteiger partial charge >= 0.3 is 0 Å². The minimum absolute atomic E-state index is 0.0377. The van der Waals surface area contributed by atoms with Gasteiger partial charge in [-0.25, -0.2) is 18.4 Å². The van der Waals surface area contributed by atoms with Gasteiger partial charge in [0.15, 0.2) is 0 Å². The summed E-state index contributed by atoms with van der Waals surface area (Å²) in [5, 5.41) is 9.06. The molecule has 1 aromatic carbocycles. The van der Waals surface area contributed by atoms with E-state index < -0.39 is 10.0 Å². The quantitative estimate of drug-likeness (QED) is 0.801. The summed E-state index contributed by atoms with van der Waals surface area (Å²) in [6, 6.07) is 8.94. The molecule has 0 amide bonds. The van der Waals surface area contributed by atoms with Crippen molar-refractivity contribution in [2.75, 3.05) is 13.1 Å². The van der Waals surface area contributed by atoms with E-state index >= 15 is 0 Å². The fraction of sp³-hybridized carbons (Fsp3) is 0.421. The summed E-state index contributed by atoms with van der Waals surface area (Å²) < 4.78 is 32.9. The van der Waals surface area contributed by atoms with Gasteiger partial charge < -0.3 is 4.74 Å². The van der Waals surface area contributed by atoms with Gasteiger partial charge in [-0.05, 0) is 29.5 Å². The normalized spacial score (nSPS) is 18.2. The average Bonchev–Trinajstić information content (AvgIpc) is 3.11. The Hall–Kier alpha value is -2.50. The van der Waals surface area contributed by atoms with Crippen LogP contribution < -0.4 is 4.74 Å². The number of hydrogen-bond acceptors (Lipinski definition) is 6. The van der Waals surface area contributed by atoms with Crippen LogP contribution in [0, 0.1) is 11.3 Å². The van der Waals surface area contributed by atoms with Crippen LogP contribution in [-0.4, -0.2) is 41.9 Å². The Kier molecular flexibility index (Phi) is 5.18. The predicted molar refractivity (Wildman–Crippen MR) is 99.7 cm³/mol. The van der Waals surface area contributed by atoms with Gasteiger partial charge in [-0.2, -0.15) is 9.57 Å². The number of benzene rings is 1. The average molecular weight is 386 g/mol. The molecule has 1 saturated heterocycles. The first-order valence-corrected chi connectivity index (χ1v) is 10.1. The van der Waals surface area contributed by atoms with E-state index in [1.54, 1.807) is 12.1 Å². The molecule has 1 aliphatic rings. The third-order valence-electron chi connectivity index (χ3n) is 4.51. The van der Waals surface area contributed by atoms with E-state index in [-0.39, 0.29) is 34.5 Å². The lowest BCUT2D eigenvalue weighted by molar-refractivity contribution is 0.205. The van der Waals surface area contributed by atoms with Crippen molar-refractivity contribution in [3.8, 4) is 11.9 Å². The number of aromatic nitrogens is 2. The zero-order valence-electron chi connectivity index (χ0n) is 15.6. The molecule has 2 heterocycles. The van der Waals surface area contributed by atoms with Gasteiger partial charge in [0.25, 0.3) is 5.88 Å². The van der Waals surface area contributed by atoms with Crippen molar-refractivity contribution in [3.63, 3.8) is 0 Å². The van der Waals surface area contributed by atoms with Gasteiger partial charge in [0.2, 0.25) is 15.7 Å². The second-order valence-corrected chi connectivity index (χ2v) is 9.43. The maximum absolute atomic E-state index is 12.9. The van der Waals surface area contributed by atoms with Crippen LogP contribution in [0.4, 0.5) is 0 Å². The van der Waals surface area contributed by atoms with Crippen LogP contribution in [0.1, 0.15) is 38.4 Å². The molecule has 8 heteroatoms. The summed E-state index contributed by atoms with van der Waals surface area (Å²) in [4.78, 5) is 8.19. The Labute approximate surface area is 159 Å². The van der Waals surface area contributed by atoms with Gasteiger partial charge in [0.1, 0.15) is 12.2 Å². The number of nitriles is 1. The highest BCUT2D eigenvalue weighted by molar-refractivity contribution is 7.89. The zero-order chi connectivity index (χ0) is 19.7. The molecule has 1 atom stereocenters. The van der Waals surface area contributed by atoms with Crippen molar-refractivity contribution < 1.29 is 13.2 Å². The van der Waals surface area contributed by atoms with E-state index in [1.165, 1.54) is 16.7 Å². The first-order chi connectivity index (χ1) is 12.7. The zero-order valence-corrected chi connectivity index (χ0v) is 16.4. The number of ether oxygens (including phenoxy) is 1. The van der Waals surface area contributed by atoms with Crippen LogP contribution in [-0.2, 0) is 15.4 Å². The standard InChI is InChI=1S/C19H22N4O3S/c1-19(2,3)14-4-6-16(7-5-14)27(24,25)23-11-8-15(13-23)26-18-17(12-20)21-9-10-22-18/h4-7,9-10,15H,8,11,13H2,1-3H3. The Balaban J connectivity index is 1.73. The molecule has 0 N–H and O–H groups in total. The van der Waals surface area contributed by atoms with Gasteiger partial charge in [-0.1, -0.05) is 32.9 Å². The van der Waals surface area contributed by atoms with Gasteiger partial charge in [-0.3, -0.25) is 0 Å². The molecule has 0 bridgehead atoms. The lowest BCUT2D eigenvalue weighted by atomic mass is 9.87. The number of nitrogens with zero attached hydrogens (tertiary/aromatic N) is 4. The van der Waals surface area contributed by atoms with E-state index in [0.29, 0.717) is 13.0 Å². The Morgan fingerprint density at radius 2 is 1.85 bits per heavy atom. The van der Waals surface area contributed by atoms with E-state index in [4.69, 9.17) is 10.00 Å². The highest BCUT2D eigenvalue weighted by atomic mass is 32.2. The van der Waals surface area contributed by atoms with E-state index in [9.17, 15) is 8.42 Å². The molecule has 142 valence electrons. The van der Waals surface area contributed by atoms with Crippen LogP contribution in [0.3, 0.4) is 0 Å². The van der Waals surface area contributed by atoms with Crippen LogP contribution >= 0.6 is 0 Å². The van der Waals surface area contributed by atoms with Crippen LogP contribution in [0.25, 0.3) is 0 Å². The van der Waals surface area contributed by atoms with Crippen LogP contribution in [0.5, 0.6) is 5.88 Å². The first-order valence-electron chi connectivity index (χ1n) is 8.70. The largest absolute Gasteiger partial charge is 0.471 e. The molecular formula is C19H22N4O3S. The molecule has 1 unspecified atom stereocenters. The summed E-state index contributed by atoms with van der Waals surface area (Å²) >= 11 is 0. The maximum Gasteiger partial charge on any atom is 0.251 e. The highest BCUT2D eigenvalue weighted by Gasteiger charge is 2.34. The van der Waals surface area contributed by atoms with Gasteiger partial charge in [-0.15, -0.1) is 0 Å². The number of sulfonamides is 1. The van der Waals surface area contributed by atoms with E-state index in [1.807, 2.05) is 18.2 Å². The fourth-order valence-electron chi connectivity index (χ4n) is 2.93. The molecule has 27 heavy (non-hydrogen) atoms. The lowest BCUT2D eigenvalue weighted by Crippen LogP contribution is -2.31. The molecule has 1 aromatic heterocycles.